The maximum Gasteiger partial charge on any atom is 0.124 e. The van der Waals surface area contributed by atoms with E-state index in [1.165, 1.54) is 18.4 Å². The van der Waals surface area contributed by atoms with Gasteiger partial charge in [-0.3, -0.25) is 0 Å². The SMILES string of the molecule is CCCCNC1CC(C)(C)Oc2ccccc21. The van der Waals surface area contributed by atoms with Crippen molar-refractivity contribution < 1.29 is 4.74 Å². The fourth-order valence-corrected chi connectivity index (χ4v) is 2.44. The molecule has 1 aliphatic heterocycles. The van der Waals surface area contributed by atoms with Crippen molar-refractivity contribution in [2.45, 2.75) is 51.7 Å². The largest absolute Gasteiger partial charge is 0.487 e. The molecule has 0 fully saturated rings. The molecule has 2 heteroatoms. The highest BCUT2D eigenvalue weighted by Gasteiger charge is 2.32. The van der Waals surface area contributed by atoms with Gasteiger partial charge in [0, 0.05) is 18.0 Å². The molecule has 2 rings (SSSR count). The summed E-state index contributed by atoms with van der Waals surface area (Å²) in [5, 5.41) is 3.65. The van der Waals surface area contributed by atoms with Crippen molar-refractivity contribution in [1.82, 2.24) is 5.32 Å². The summed E-state index contributed by atoms with van der Waals surface area (Å²) in [6, 6.07) is 8.82. The second-order valence-corrected chi connectivity index (χ2v) is 5.46. The number of rotatable bonds is 4. The molecule has 0 radical (unpaired) electrons. The van der Waals surface area contributed by atoms with Gasteiger partial charge in [0.2, 0.25) is 0 Å². The topological polar surface area (TPSA) is 21.3 Å². The highest BCUT2D eigenvalue weighted by Crippen LogP contribution is 2.39. The van der Waals surface area contributed by atoms with E-state index in [0.29, 0.717) is 6.04 Å². The number of fused-ring (bicyclic) bond motifs is 1. The zero-order chi connectivity index (χ0) is 12.3. The molecule has 1 aliphatic rings. The van der Waals surface area contributed by atoms with Crippen LogP contribution in [0.15, 0.2) is 24.3 Å². The molecular weight excluding hydrogens is 210 g/mol. The van der Waals surface area contributed by atoms with E-state index in [-0.39, 0.29) is 5.60 Å². The van der Waals surface area contributed by atoms with Gasteiger partial charge in [-0.15, -0.1) is 0 Å². The molecule has 0 aliphatic carbocycles. The molecule has 1 aromatic carbocycles. The van der Waals surface area contributed by atoms with Crippen LogP contribution >= 0.6 is 0 Å². The van der Waals surface area contributed by atoms with Crippen molar-refractivity contribution in [2.75, 3.05) is 6.54 Å². The summed E-state index contributed by atoms with van der Waals surface area (Å²) < 4.78 is 6.02. The van der Waals surface area contributed by atoms with Gasteiger partial charge >= 0.3 is 0 Å². The minimum absolute atomic E-state index is 0.0712. The molecule has 2 nitrogen and oxygen atoms in total. The first kappa shape index (κ1) is 12.4. The second-order valence-electron chi connectivity index (χ2n) is 5.46. The van der Waals surface area contributed by atoms with Crippen molar-refractivity contribution in [2.24, 2.45) is 0 Å². The first-order chi connectivity index (χ1) is 8.12. The lowest BCUT2D eigenvalue weighted by Gasteiger charge is -2.38. The third kappa shape index (κ3) is 3.01. The van der Waals surface area contributed by atoms with E-state index in [2.05, 4.69) is 44.3 Å². The van der Waals surface area contributed by atoms with E-state index >= 15 is 0 Å². The van der Waals surface area contributed by atoms with Crippen molar-refractivity contribution in [3.05, 3.63) is 29.8 Å². The summed E-state index contributed by atoms with van der Waals surface area (Å²) in [6.07, 6.45) is 3.51. The molecule has 0 aromatic heterocycles. The summed E-state index contributed by atoms with van der Waals surface area (Å²) in [7, 11) is 0. The highest BCUT2D eigenvalue weighted by atomic mass is 16.5. The number of hydrogen-bond acceptors (Lipinski definition) is 2. The van der Waals surface area contributed by atoms with Crippen LogP contribution in [0.25, 0.3) is 0 Å². The standard InChI is InChI=1S/C15H23NO/c1-4-5-10-16-13-11-15(2,3)17-14-9-7-6-8-12(13)14/h6-9,13,16H,4-5,10-11H2,1-3H3. The summed E-state index contributed by atoms with van der Waals surface area (Å²) >= 11 is 0. The Labute approximate surface area is 104 Å². The molecule has 0 amide bonds. The van der Waals surface area contributed by atoms with Gasteiger partial charge in [-0.2, -0.15) is 0 Å². The quantitative estimate of drug-likeness (QED) is 0.801. The first-order valence-electron chi connectivity index (χ1n) is 6.64. The van der Waals surface area contributed by atoms with Crippen LogP contribution in [0.3, 0.4) is 0 Å². The molecule has 0 spiro atoms. The van der Waals surface area contributed by atoms with E-state index in [1.54, 1.807) is 0 Å². The van der Waals surface area contributed by atoms with E-state index in [9.17, 15) is 0 Å². The average molecular weight is 233 g/mol. The van der Waals surface area contributed by atoms with E-state index in [0.717, 1.165) is 18.7 Å². The molecule has 0 saturated carbocycles. The zero-order valence-electron chi connectivity index (χ0n) is 11.1. The van der Waals surface area contributed by atoms with Crippen LogP contribution in [-0.4, -0.2) is 12.1 Å². The van der Waals surface area contributed by atoms with Crippen molar-refractivity contribution in [1.29, 1.82) is 0 Å². The van der Waals surface area contributed by atoms with Gasteiger partial charge in [0.15, 0.2) is 0 Å². The summed E-state index contributed by atoms with van der Waals surface area (Å²) in [4.78, 5) is 0. The highest BCUT2D eigenvalue weighted by molar-refractivity contribution is 5.38. The van der Waals surface area contributed by atoms with Crippen molar-refractivity contribution in [3.63, 3.8) is 0 Å². The van der Waals surface area contributed by atoms with Crippen LogP contribution in [0.4, 0.5) is 0 Å². The van der Waals surface area contributed by atoms with Crippen LogP contribution in [0.1, 0.15) is 51.6 Å². The van der Waals surface area contributed by atoms with Crippen LogP contribution in [0, 0.1) is 0 Å². The van der Waals surface area contributed by atoms with Gasteiger partial charge < -0.3 is 10.1 Å². The van der Waals surface area contributed by atoms with Crippen LogP contribution in [0.2, 0.25) is 0 Å². The van der Waals surface area contributed by atoms with Gasteiger partial charge in [0.1, 0.15) is 11.4 Å². The molecule has 1 unspecified atom stereocenters. The smallest absolute Gasteiger partial charge is 0.124 e. The van der Waals surface area contributed by atoms with Crippen LogP contribution in [-0.2, 0) is 0 Å². The molecule has 1 atom stereocenters. The van der Waals surface area contributed by atoms with Gasteiger partial charge in [0.25, 0.3) is 0 Å². The minimum atomic E-state index is -0.0712. The Morgan fingerprint density at radius 2 is 2.12 bits per heavy atom. The lowest BCUT2D eigenvalue weighted by molar-refractivity contribution is 0.0661. The van der Waals surface area contributed by atoms with E-state index < -0.39 is 0 Å². The Hall–Kier alpha value is -1.02. The Morgan fingerprint density at radius 3 is 2.88 bits per heavy atom. The number of unbranched alkanes of at least 4 members (excludes halogenated alkanes) is 1. The van der Waals surface area contributed by atoms with Gasteiger partial charge in [-0.05, 0) is 32.9 Å². The Bertz CT molecular complexity index is 373. The second kappa shape index (κ2) is 5.09. The molecule has 94 valence electrons. The minimum Gasteiger partial charge on any atom is -0.487 e. The summed E-state index contributed by atoms with van der Waals surface area (Å²) in [6.45, 7) is 7.64. The van der Waals surface area contributed by atoms with Gasteiger partial charge in [-0.25, -0.2) is 0 Å². The predicted molar refractivity (Wildman–Crippen MR) is 71.4 cm³/mol. The number of benzene rings is 1. The lowest BCUT2D eigenvalue weighted by Crippen LogP contribution is -2.39. The summed E-state index contributed by atoms with van der Waals surface area (Å²) in [5.41, 5.74) is 1.24. The predicted octanol–water partition coefficient (Wildman–Crippen LogP) is 3.68. The Kier molecular flexibility index (Phi) is 3.72. The molecular formula is C15H23NO. The first-order valence-corrected chi connectivity index (χ1v) is 6.64. The zero-order valence-corrected chi connectivity index (χ0v) is 11.1. The number of ether oxygens (including phenoxy) is 1. The molecule has 1 N–H and O–H groups in total. The third-order valence-electron chi connectivity index (χ3n) is 3.30. The van der Waals surface area contributed by atoms with Gasteiger partial charge in [0.05, 0.1) is 0 Å². The Morgan fingerprint density at radius 1 is 1.35 bits per heavy atom. The number of nitrogens with one attached hydrogen (secondary N) is 1. The molecule has 0 bridgehead atoms. The molecule has 1 aromatic rings. The molecule has 1 heterocycles. The van der Waals surface area contributed by atoms with Crippen molar-refractivity contribution >= 4 is 0 Å². The maximum atomic E-state index is 6.02. The van der Waals surface area contributed by atoms with Crippen LogP contribution in [0.5, 0.6) is 5.75 Å². The maximum absolute atomic E-state index is 6.02. The fourth-order valence-electron chi connectivity index (χ4n) is 2.44. The number of hydrogen-bond donors (Lipinski definition) is 1. The van der Waals surface area contributed by atoms with E-state index in [1.807, 2.05) is 6.07 Å². The fraction of sp³-hybridized carbons (Fsp3) is 0.600. The average Bonchev–Trinajstić information content (AvgIpc) is 2.28. The molecule has 0 saturated heterocycles. The lowest BCUT2D eigenvalue weighted by atomic mass is 9.89. The van der Waals surface area contributed by atoms with Crippen LogP contribution < -0.4 is 10.1 Å². The monoisotopic (exact) mass is 233 g/mol. The number of para-hydroxylation sites is 1. The van der Waals surface area contributed by atoms with Crippen molar-refractivity contribution in [3.8, 4) is 5.75 Å². The van der Waals surface area contributed by atoms with Gasteiger partial charge in [-0.1, -0.05) is 31.5 Å². The molecule has 17 heavy (non-hydrogen) atoms. The normalized spacial score (nSPS) is 21.7. The van der Waals surface area contributed by atoms with E-state index in [4.69, 9.17) is 4.74 Å². The third-order valence-corrected chi connectivity index (χ3v) is 3.30. The Balaban J connectivity index is 2.15. The summed E-state index contributed by atoms with van der Waals surface area (Å²) in [5.74, 6) is 1.04.